The molecular weight excluding hydrogens is 355 g/mol. The van der Waals surface area contributed by atoms with E-state index in [1.165, 1.54) is 22.3 Å². The Morgan fingerprint density at radius 1 is 1.19 bits per heavy atom. The minimum absolute atomic E-state index is 0.263. The number of piperazine rings is 1. The third kappa shape index (κ3) is 4.01. The van der Waals surface area contributed by atoms with Gasteiger partial charge in [-0.25, -0.2) is 9.37 Å². The molecule has 6 nitrogen and oxygen atoms in total. The number of aromatic nitrogens is 1. The summed E-state index contributed by atoms with van der Waals surface area (Å²) in [5.74, 6) is -1.29. The molecule has 26 heavy (non-hydrogen) atoms. The van der Waals surface area contributed by atoms with Crippen molar-refractivity contribution in [3.05, 3.63) is 41.2 Å². The Bertz CT molecular complexity index is 800. The molecule has 1 aliphatic heterocycles. The largest absolute Gasteiger partial charge is 0.366 e. The zero-order valence-electron chi connectivity index (χ0n) is 14.7. The van der Waals surface area contributed by atoms with Crippen LogP contribution in [-0.4, -0.2) is 47.9 Å². The van der Waals surface area contributed by atoms with Crippen LogP contribution in [0.15, 0.2) is 29.6 Å². The smallest absolute Gasteiger partial charge is 0.315 e. The van der Waals surface area contributed by atoms with E-state index in [2.05, 4.69) is 10.3 Å². The Hall–Kier alpha value is -2.48. The predicted octanol–water partition coefficient (Wildman–Crippen LogP) is 2.69. The second kappa shape index (κ2) is 7.82. The molecule has 0 atom stereocenters. The number of amides is 2. The molecule has 0 bridgehead atoms. The van der Waals surface area contributed by atoms with Gasteiger partial charge < -0.3 is 9.80 Å². The van der Waals surface area contributed by atoms with Crippen LogP contribution in [-0.2, 0) is 9.59 Å². The summed E-state index contributed by atoms with van der Waals surface area (Å²) in [5.41, 5.74) is 1.41. The standard InChI is InChI=1S/C18H21FN4O2S/c1-12(2)14-11-26-18(20-14)21-16(24)17(25)23-9-7-22(8-10-23)15-6-4-3-5-13(15)19/h3-6,11-12H,7-10H2,1-2H3,(H,20,21,24). The van der Waals surface area contributed by atoms with Crippen LogP contribution in [0.1, 0.15) is 25.5 Å². The summed E-state index contributed by atoms with van der Waals surface area (Å²) in [6, 6.07) is 6.56. The van der Waals surface area contributed by atoms with Gasteiger partial charge in [0.05, 0.1) is 11.4 Å². The van der Waals surface area contributed by atoms with E-state index in [-0.39, 0.29) is 11.7 Å². The van der Waals surface area contributed by atoms with Gasteiger partial charge in [-0.15, -0.1) is 11.3 Å². The van der Waals surface area contributed by atoms with Crippen LogP contribution < -0.4 is 10.2 Å². The lowest BCUT2D eigenvalue weighted by Crippen LogP contribution is -2.51. The molecule has 0 aliphatic carbocycles. The zero-order valence-corrected chi connectivity index (χ0v) is 15.6. The molecule has 1 saturated heterocycles. The number of nitrogens with one attached hydrogen (secondary N) is 1. The Morgan fingerprint density at radius 3 is 2.50 bits per heavy atom. The van der Waals surface area contributed by atoms with Crippen molar-refractivity contribution < 1.29 is 14.0 Å². The SMILES string of the molecule is CC(C)c1csc(NC(=O)C(=O)N2CCN(c3ccccc3F)CC2)n1. The van der Waals surface area contributed by atoms with Gasteiger partial charge in [0.15, 0.2) is 5.13 Å². The molecule has 0 radical (unpaired) electrons. The summed E-state index contributed by atoms with van der Waals surface area (Å²) in [6.07, 6.45) is 0. The highest BCUT2D eigenvalue weighted by atomic mass is 32.1. The van der Waals surface area contributed by atoms with Crippen LogP contribution in [0.2, 0.25) is 0 Å². The van der Waals surface area contributed by atoms with E-state index in [0.29, 0.717) is 37.0 Å². The van der Waals surface area contributed by atoms with Gasteiger partial charge in [0, 0.05) is 31.6 Å². The molecule has 0 saturated carbocycles. The first-order chi connectivity index (χ1) is 12.5. The summed E-state index contributed by atoms with van der Waals surface area (Å²) in [5, 5.41) is 4.87. The molecule has 1 aromatic heterocycles. The maximum atomic E-state index is 13.9. The molecule has 1 aliphatic rings. The first kappa shape index (κ1) is 18.3. The minimum Gasteiger partial charge on any atom is -0.366 e. The van der Waals surface area contributed by atoms with Crippen LogP contribution in [0.5, 0.6) is 0 Å². The Kier molecular flexibility index (Phi) is 5.51. The van der Waals surface area contributed by atoms with Crippen molar-refractivity contribution in [2.24, 2.45) is 0 Å². The Balaban J connectivity index is 1.56. The zero-order chi connectivity index (χ0) is 18.7. The highest BCUT2D eigenvalue weighted by Crippen LogP contribution is 2.22. The number of carbonyl (C=O) groups excluding carboxylic acids is 2. The quantitative estimate of drug-likeness (QED) is 0.837. The maximum absolute atomic E-state index is 13.9. The number of carbonyl (C=O) groups is 2. The molecule has 1 aromatic carbocycles. The van der Waals surface area contributed by atoms with E-state index < -0.39 is 11.8 Å². The number of thiazole rings is 1. The van der Waals surface area contributed by atoms with Crippen molar-refractivity contribution in [2.45, 2.75) is 19.8 Å². The molecule has 2 heterocycles. The minimum atomic E-state index is -0.686. The second-order valence-corrected chi connectivity index (χ2v) is 7.28. The third-order valence-electron chi connectivity index (χ3n) is 4.29. The Labute approximate surface area is 155 Å². The molecule has 1 fully saturated rings. The molecule has 0 unspecified atom stereocenters. The molecule has 3 rings (SSSR count). The molecule has 8 heteroatoms. The molecule has 1 N–H and O–H groups in total. The number of rotatable bonds is 3. The van der Waals surface area contributed by atoms with Crippen molar-refractivity contribution >= 4 is 34.0 Å². The van der Waals surface area contributed by atoms with Crippen LogP contribution in [0, 0.1) is 5.82 Å². The van der Waals surface area contributed by atoms with E-state index in [0.717, 1.165) is 5.69 Å². The summed E-state index contributed by atoms with van der Waals surface area (Å²) in [7, 11) is 0. The molecule has 2 amide bonds. The number of hydrogen-bond acceptors (Lipinski definition) is 5. The second-order valence-electron chi connectivity index (χ2n) is 6.42. The van der Waals surface area contributed by atoms with Gasteiger partial charge >= 0.3 is 11.8 Å². The van der Waals surface area contributed by atoms with E-state index >= 15 is 0 Å². The fourth-order valence-corrected chi connectivity index (χ4v) is 3.63. The maximum Gasteiger partial charge on any atom is 0.315 e. The van der Waals surface area contributed by atoms with Crippen molar-refractivity contribution in [1.82, 2.24) is 9.88 Å². The fourth-order valence-electron chi connectivity index (χ4n) is 2.76. The van der Waals surface area contributed by atoms with E-state index in [1.54, 1.807) is 18.2 Å². The Morgan fingerprint density at radius 2 is 1.88 bits per heavy atom. The van der Waals surface area contributed by atoms with Crippen molar-refractivity contribution in [1.29, 1.82) is 0 Å². The van der Waals surface area contributed by atoms with Gasteiger partial charge in [-0.2, -0.15) is 0 Å². The number of benzene rings is 1. The normalized spacial score (nSPS) is 14.6. The number of anilines is 2. The topological polar surface area (TPSA) is 65.5 Å². The average molecular weight is 376 g/mol. The molecule has 138 valence electrons. The number of para-hydroxylation sites is 1. The van der Waals surface area contributed by atoms with Crippen LogP contribution in [0.4, 0.5) is 15.2 Å². The summed E-state index contributed by atoms with van der Waals surface area (Å²) in [4.78, 5) is 32.2. The van der Waals surface area contributed by atoms with Crippen molar-refractivity contribution in [3.8, 4) is 0 Å². The average Bonchev–Trinajstić information content (AvgIpc) is 3.10. The van der Waals surface area contributed by atoms with E-state index in [4.69, 9.17) is 0 Å². The highest BCUT2D eigenvalue weighted by molar-refractivity contribution is 7.14. The lowest BCUT2D eigenvalue weighted by molar-refractivity contribution is -0.143. The van der Waals surface area contributed by atoms with Crippen LogP contribution >= 0.6 is 11.3 Å². The van der Waals surface area contributed by atoms with Crippen LogP contribution in [0.3, 0.4) is 0 Å². The lowest BCUT2D eigenvalue weighted by Gasteiger charge is -2.35. The molecule has 2 aromatic rings. The number of halogens is 1. The lowest BCUT2D eigenvalue weighted by atomic mass is 10.2. The first-order valence-electron chi connectivity index (χ1n) is 8.51. The van der Waals surface area contributed by atoms with Gasteiger partial charge in [0.2, 0.25) is 0 Å². The number of nitrogens with zero attached hydrogens (tertiary/aromatic N) is 3. The summed E-state index contributed by atoms with van der Waals surface area (Å²) in [6.45, 7) is 5.73. The van der Waals surface area contributed by atoms with E-state index in [9.17, 15) is 14.0 Å². The van der Waals surface area contributed by atoms with Gasteiger partial charge in [-0.3, -0.25) is 14.9 Å². The third-order valence-corrected chi connectivity index (χ3v) is 5.06. The highest BCUT2D eigenvalue weighted by Gasteiger charge is 2.27. The first-order valence-corrected chi connectivity index (χ1v) is 9.39. The fraction of sp³-hybridized carbons (Fsp3) is 0.389. The summed E-state index contributed by atoms with van der Waals surface area (Å²) < 4.78 is 13.9. The van der Waals surface area contributed by atoms with Gasteiger partial charge in [-0.05, 0) is 18.1 Å². The monoisotopic (exact) mass is 376 g/mol. The molecule has 0 spiro atoms. The summed E-state index contributed by atoms with van der Waals surface area (Å²) >= 11 is 1.31. The number of hydrogen-bond donors (Lipinski definition) is 1. The van der Waals surface area contributed by atoms with Crippen LogP contribution in [0.25, 0.3) is 0 Å². The van der Waals surface area contributed by atoms with Crippen molar-refractivity contribution in [2.75, 3.05) is 36.4 Å². The van der Waals surface area contributed by atoms with Crippen molar-refractivity contribution in [3.63, 3.8) is 0 Å². The molecular formula is C18H21FN4O2S. The van der Waals surface area contributed by atoms with E-state index in [1.807, 2.05) is 24.1 Å². The van der Waals surface area contributed by atoms with Gasteiger partial charge in [0.1, 0.15) is 5.82 Å². The van der Waals surface area contributed by atoms with Gasteiger partial charge in [0.25, 0.3) is 0 Å². The predicted molar refractivity (Wildman–Crippen MR) is 100 cm³/mol. The van der Waals surface area contributed by atoms with Gasteiger partial charge in [-0.1, -0.05) is 26.0 Å².